The summed E-state index contributed by atoms with van der Waals surface area (Å²) in [6.07, 6.45) is 12.0. The van der Waals surface area contributed by atoms with E-state index in [0.717, 1.165) is 30.1 Å². The van der Waals surface area contributed by atoms with Gasteiger partial charge in [0.05, 0.1) is 11.4 Å². The number of hydrogen-bond acceptors (Lipinski definition) is 3. The summed E-state index contributed by atoms with van der Waals surface area (Å²) in [7, 11) is 0. The summed E-state index contributed by atoms with van der Waals surface area (Å²) in [5.41, 5.74) is 9.79. The molecule has 0 radical (unpaired) electrons. The van der Waals surface area contributed by atoms with Crippen molar-refractivity contribution in [2.75, 3.05) is 0 Å². The predicted octanol–water partition coefficient (Wildman–Crippen LogP) is 3.79. The van der Waals surface area contributed by atoms with Gasteiger partial charge in [0.1, 0.15) is 5.84 Å². The van der Waals surface area contributed by atoms with Crippen molar-refractivity contribution in [2.24, 2.45) is 4.99 Å². The number of nitrogens with zero attached hydrogens (tertiary/aromatic N) is 1. The van der Waals surface area contributed by atoms with E-state index in [0.29, 0.717) is 0 Å². The van der Waals surface area contributed by atoms with Crippen molar-refractivity contribution >= 4 is 11.5 Å². The molecule has 0 aromatic heterocycles. The maximum Gasteiger partial charge on any atom is 0.121 e. The molecule has 0 amide bonds. The minimum absolute atomic E-state index is 0.927. The lowest BCUT2D eigenvalue weighted by atomic mass is 10.0. The number of allylic oxidation sites excluding steroid dienone is 5. The quantitative estimate of drug-likeness (QED) is 0.643. The van der Waals surface area contributed by atoms with Gasteiger partial charge in [0.15, 0.2) is 0 Å². The number of fused-ring (bicyclic) bond motifs is 1. The van der Waals surface area contributed by atoms with Gasteiger partial charge in [0.2, 0.25) is 0 Å². The van der Waals surface area contributed by atoms with E-state index in [1.807, 2.05) is 50.3 Å². The topological polar surface area (TPSA) is 36.4 Å². The second kappa shape index (κ2) is 7.34. The maximum absolute atomic E-state index is 4.63. The summed E-state index contributed by atoms with van der Waals surface area (Å²) in [4.78, 5) is 4.63. The van der Waals surface area contributed by atoms with Crippen molar-refractivity contribution in [1.29, 1.82) is 0 Å². The third-order valence-corrected chi connectivity index (χ3v) is 3.04. The highest BCUT2D eigenvalue weighted by molar-refractivity contribution is 5.87. The molecule has 0 bridgehead atoms. The van der Waals surface area contributed by atoms with Crippen LogP contribution in [0.25, 0.3) is 0 Å². The predicted molar refractivity (Wildman–Crippen MR) is 85.8 cm³/mol. The van der Waals surface area contributed by atoms with Crippen LogP contribution < -0.4 is 10.9 Å². The third kappa shape index (κ3) is 3.85. The van der Waals surface area contributed by atoms with Crippen LogP contribution in [-0.2, 0) is 6.42 Å². The Labute approximate surface area is 120 Å². The number of hydrazine groups is 1. The van der Waals surface area contributed by atoms with E-state index in [9.17, 15) is 0 Å². The van der Waals surface area contributed by atoms with Gasteiger partial charge in [-0.05, 0) is 44.1 Å². The zero-order valence-electron chi connectivity index (χ0n) is 12.1. The molecule has 1 aliphatic heterocycles. The van der Waals surface area contributed by atoms with Crippen molar-refractivity contribution in [1.82, 2.24) is 10.9 Å². The molecule has 20 heavy (non-hydrogen) atoms. The van der Waals surface area contributed by atoms with E-state index in [1.165, 1.54) is 5.56 Å². The molecular formula is C17H21N3. The fourth-order valence-electron chi connectivity index (χ4n) is 2.04. The SMILES string of the molecule is C\C=C/C=C(\C=C/C)NNC1=Nc2ccccc2CC1. The van der Waals surface area contributed by atoms with Crippen LogP contribution in [0.4, 0.5) is 5.69 Å². The highest BCUT2D eigenvalue weighted by atomic mass is 15.4. The number of nitrogens with one attached hydrogen (secondary N) is 2. The molecule has 0 spiro atoms. The summed E-state index contributed by atoms with van der Waals surface area (Å²) < 4.78 is 0. The highest BCUT2D eigenvalue weighted by Crippen LogP contribution is 2.24. The van der Waals surface area contributed by atoms with E-state index < -0.39 is 0 Å². The van der Waals surface area contributed by atoms with E-state index in [2.05, 4.69) is 34.0 Å². The van der Waals surface area contributed by atoms with E-state index >= 15 is 0 Å². The largest absolute Gasteiger partial charge is 0.300 e. The lowest BCUT2D eigenvalue weighted by Crippen LogP contribution is -2.37. The van der Waals surface area contributed by atoms with Gasteiger partial charge < -0.3 is 0 Å². The fourth-order valence-corrected chi connectivity index (χ4v) is 2.04. The number of rotatable bonds is 4. The third-order valence-electron chi connectivity index (χ3n) is 3.04. The van der Waals surface area contributed by atoms with Gasteiger partial charge in [-0.1, -0.05) is 36.4 Å². The van der Waals surface area contributed by atoms with Crippen LogP contribution in [-0.4, -0.2) is 5.84 Å². The summed E-state index contributed by atoms with van der Waals surface area (Å²) >= 11 is 0. The first-order chi connectivity index (χ1) is 9.83. The van der Waals surface area contributed by atoms with Crippen LogP contribution in [0.1, 0.15) is 25.8 Å². The van der Waals surface area contributed by atoms with Gasteiger partial charge in [0.25, 0.3) is 0 Å². The van der Waals surface area contributed by atoms with Crippen LogP contribution in [0.5, 0.6) is 0 Å². The molecule has 1 aromatic carbocycles. The molecule has 3 nitrogen and oxygen atoms in total. The van der Waals surface area contributed by atoms with Gasteiger partial charge >= 0.3 is 0 Å². The van der Waals surface area contributed by atoms with Crippen molar-refractivity contribution < 1.29 is 0 Å². The standard InChI is InChI=1S/C17H21N3/c1-3-5-10-15(8-4-2)19-20-17-13-12-14-9-6-7-11-16(14)18-17/h3-11,19H,12-13H2,1-2H3,(H,18,20)/b5-3-,8-4-,15-10+. The number of aryl methyl sites for hydroxylation is 1. The number of para-hydroxylation sites is 1. The van der Waals surface area contributed by atoms with Gasteiger partial charge in [-0.25, -0.2) is 4.99 Å². The molecule has 0 fully saturated rings. The Morgan fingerprint density at radius 1 is 1.15 bits per heavy atom. The molecule has 2 N–H and O–H groups in total. The maximum atomic E-state index is 4.63. The monoisotopic (exact) mass is 267 g/mol. The first-order valence-electron chi connectivity index (χ1n) is 6.96. The Kier molecular flexibility index (Phi) is 5.18. The van der Waals surface area contributed by atoms with E-state index in [4.69, 9.17) is 0 Å². The van der Waals surface area contributed by atoms with Crippen molar-refractivity contribution in [2.45, 2.75) is 26.7 Å². The first kappa shape index (κ1) is 14.1. The number of amidine groups is 1. The molecule has 0 unspecified atom stereocenters. The molecule has 0 atom stereocenters. The average Bonchev–Trinajstić information content (AvgIpc) is 2.50. The van der Waals surface area contributed by atoms with Crippen LogP contribution in [0.3, 0.4) is 0 Å². The van der Waals surface area contributed by atoms with Gasteiger partial charge in [-0.3, -0.25) is 10.9 Å². The van der Waals surface area contributed by atoms with Crippen LogP contribution >= 0.6 is 0 Å². The zero-order chi connectivity index (χ0) is 14.2. The number of aliphatic imine (C=N–C) groups is 1. The van der Waals surface area contributed by atoms with Crippen LogP contribution in [0.15, 0.2) is 65.3 Å². The first-order valence-corrected chi connectivity index (χ1v) is 6.96. The molecule has 1 aromatic rings. The summed E-state index contributed by atoms with van der Waals surface area (Å²) in [6.45, 7) is 4.00. The molecule has 0 saturated carbocycles. The Hall–Kier alpha value is -2.29. The lowest BCUT2D eigenvalue weighted by molar-refractivity contribution is 0.756. The molecule has 0 aliphatic carbocycles. The van der Waals surface area contributed by atoms with Gasteiger partial charge in [0, 0.05) is 6.42 Å². The molecular weight excluding hydrogens is 246 g/mol. The average molecular weight is 267 g/mol. The molecule has 104 valence electrons. The van der Waals surface area contributed by atoms with E-state index in [1.54, 1.807) is 0 Å². The van der Waals surface area contributed by atoms with Crippen LogP contribution in [0.2, 0.25) is 0 Å². The Bertz CT molecular complexity index is 565. The Morgan fingerprint density at radius 3 is 2.80 bits per heavy atom. The summed E-state index contributed by atoms with van der Waals surface area (Å²) in [5.74, 6) is 0.972. The molecule has 2 rings (SSSR count). The van der Waals surface area contributed by atoms with Crippen LogP contribution in [0, 0.1) is 0 Å². The normalized spacial score (nSPS) is 15.3. The van der Waals surface area contributed by atoms with E-state index in [-0.39, 0.29) is 0 Å². The second-order valence-corrected chi connectivity index (χ2v) is 4.59. The summed E-state index contributed by atoms with van der Waals surface area (Å²) in [6, 6.07) is 8.28. The Balaban J connectivity index is 2.03. The highest BCUT2D eigenvalue weighted by Gasteiger charge is 2.10. The molecule has 1 aliphatic rings. The van der Waals surface area contributed by atoms with Crippen molar-refractivity contribution in [3.05, 3.63) is 65.9 Å². The fraction of sp³-hybridized carbons (Fsp3) is 0.235. The number of benzene rings is 1. The smallest absolute Gasteiger partial charge is 0.121 e. The zero-order valence-corrected chi connectivity index (χ0v) is 12.1. The van der Waals surface area contributed by atoms with Crippen molar-refractivity contribution in [3.8, 4) is 0 Å². The molecule has 0 saturated heterocycles. The second-order valence-electron chi connectivity index (χ2n) is 4.59. The van der Waals surface area contributed by atoms with Gasteiger partial charge in [-0.15, -0.1) is 0 Å². The summed E-state index contributed by atoms with van der Waals surface area (Å²) in [5, 5.41) is 0. The van der Waals surface area contributed by atoms with Gasteiger partial charge in [-0.2, -0.15) is 0 Å². The molecule has 3 heteroatoms. The minimum atomic E-state index is 0.927. The lowest BCUT2D eigenvalue weighted by Gasteiger charge is -2.18. The number of hydrogen-bond donors (Lipinski definition) is 2. The van der Waals surface area contributed by atoms with Crippen molar-refractivity contribution in [3.63, 3.8) is 0 Å². The minimum Gasteiger partial charge on any atom is -0.300 e. The molecule has 1 heterocycles. The Morgan fingerprint density at radius 2 is 2.00 bits per heavy atom.